The summed E-state index contributed by atoms with van der Waals surface area (Å²) in [5.74, 6) is -1.35. The number of benzene rings is 2. The summed E-state index contributed by atoms with van der Waals surface area (Å²) in [6, 6.07) is 15.6. The largest absolute Gasteiger partial charge is 0.481 e. The standard InChI is InChI=1S/C25H27NO3/c1-26-16-22(20-9-5-6-10-23(20)26)21(25(28)29)15-24(27)19-13-11-18(12-14-19)17-7-3-2-4-8-17/h5-6,9-14,16-17,21H,2-4,7-8,15H2,1H3,(H,28,29). The Hall–Kier alpha value is -2.88. The number of ketones is 1. The van der Waals surface area contributed by atoms with E-state index in [2.05, 4.69) is 12.1 Å². The van der Waals surface area contributed by atoms with Gasteiger partial charge in [-0.2, -0.15) is 0 Å². The van der Waals surface area contributed by atoms with Gasteiger partial charge >= 0.3 is 5.97 Å². The number of hydrogen-bond acceptors (Lipinski definition) is 2. The molecule has 0 bridgehead atoms. The van der Waals surface area contributed by atoms with Crippen LogP contribution in [0, 0.1) is 0 Å². The highest BCUT2D eigenvalue weighted by Gasteiger charge is 2.27. The normalized spacial score (nSPS) is 16.0. The minimum Gasteiger partial charge on any atom is -0.481 e. The smallest absolute Gasteiger partial charge is 0.311 e. The average molecular weight is 389 g/mol. The molecule has 0 aliphatic heterocycles. The number of carbonyl (C=O) groups excluding carboxylic acids is 1. The zero-order valence-corrected chi connectivity index (χ0v) is 16.8. The minimum absolute atomic E-state index is 0.0356. The second-order valence-corrected chi connectivity index (χ2v) is 8.19. The Bertz CT molecular complexity index is 1030. The van der Waals surface area contributed by atoms with Crippen LogP contribution in [0.2, 0.25) is 0 Å². The van der Waals surface area contributed by atoms with Gasteiger partial charge in [0.2, 0.25) is 0 Å². The molecule has 0 spiro atoms. The number of carboxylic acids is 1. The number of carboxylic acid groups (broad SMARTS) is 1. The molecule has 1 unspecified atom stereocenters. The number of rotatable bonds is 6. The molecule has 3 aromatic rings. The van der Waals surface area contributed by atoms with Crippen molar-refractivity contribution in [2.45, 2.75) is 50.4 Å². The molecular weight excluding hydrogens is 362 g/mol. The highest BCUT2D eigenvalue weighted by molar-refractivity contribution is 6.00. The van der Waals surface area contributed by atoms with Crippen molar-refractivity contribution >= 4 is 22.7 Å². The molecule has 1 N–H and O–H groups in total. The van der Waals surface area contributed by atoms with Crippen LogP contribution in [0.1, 0.15) is 71.8 Å². The van der Waals surface area contributed by atoms with E-state index in [1.54, 1.807) is 0 Å². The summed E-state index contributed by atoms with van der Waals surface area (Å²) >= 11 is 0. The summed E-state index contributed by atoms with van der Waals surface area (Å²) in [7, 11) is 1.90. The van der Waals surface area contributed by atoms with Crippen molar-refractivity contribution in [3.8, 4) is 0 Å². The van der Waals surface area contributed by atoms with Gasteiger partial charge in [-0.1, -0.05) is 61.7 Å². The number of carbonyl (C=O) groups is 2. The molecule has 4 heteroatoms. The van der Waals surface area contributed by atoms with Gasteiger partial charge in [-0.15, -0.1) is 0 Å². The van der Waals surface area contributed by atoms with E-state index in [0.29, 0.717) is 17.0 Å². The number of hydrogen-bond donors (Lipinski definition) is 1. The predicted molar refractivity (Wildman–Crippen MR) is 115 cm³/mol. The lowest BCUT2D eigenvalue weighted by molar-refractivity contribution is -0.138. The zero-order chi connectivity index (χ0) is 20.4. The van der Waals surface area contributed by atoms with Gasteiger partial charge in [0.05, 0.1) is 5.92 Å². The Morgan fingerprint density at radius 3 is 2.41 bits per heavy atom. The molecule has 1 atom stereocenters. The quantitative estimate of drug-likeness (QED) is 0.553. The van der Waals surface area contributed by atoms with Gasteiger partial charge < -0.3 is 9.67 Å². The minimum atomic E-state index is -0.964. The average Bonchev–Trinajstić information content (AvgIpc) is 3.09. The third kappa shape index (κ3) is 3.98. The van der Waals surface area contributed by atoms with Crippen molar-refractivity contribution in [1.29, 1.82) is 0 Å². The van der Waals surface area contributed by atoms with Crippen molar-refractivity contribution < 1.29 is 14.7 Å². The first-order chi connectivity index (χ1) is 14.0. The van der Waals surface area contributed by atoms with Crippen molar-refractivity contribution in [2.75, 3.05) is 0 Å². The molecule has 4 rings (SSSR count). The molecule has 1 aliphatic carbocycles. The molecule has 0 amide bonds. The van der Waals surface area contributed by atoms with Crippen LogP contribution in [0.5, 0.6) is 0 Å². The zero-order valence-electron chi connectivity index (χ0n) is 16.8. The lowest BCUT2D eigenvalue weighted by Gasteiger charge is -2.22. The lowest BCUT2D eigenvalue weighted by Crippen LogP contribution is -2.16. The highest BCUT2D eigenvalue weighted by Crippen LogP contribution is 2.33. The van der Waals surface area contributed by atoms with Gasteiger partial charge in [-0.25, -0.2) is 0 Å². The van der Waals surface area contributed by atoms with E-state index in [0.717, 1.165) is 10.9 Å². The Labute approximate surface area is 171 Å². The molecule has 1 aromatic heterocycles. The molecule has 150 valence electrons. The predicted octanol–water partition coefficient (Wildman–Crippen LogP) is 5.67. The van der Waals surface area contributed by atoms with Crippen LogP contribution in [0.3, 0.4) is 0 Å². The Balaban J connectivity index is 1.55. The van der Waals surface area contributed by atoms with Crippen LogP contribution in [-0.2, 0) is 11.8 Å². The van der Waals surface area contributed by atoms with Crippen molar-refractivity contribution in [1.82, 2.24) is 4.57 Å². The molecule has 1 fully saturated rings. The van der Waals surface area contributed by atoms with E-state index in [9.17, 15) is 14.7 Å². The first-order valence-electron chi connectivity index (χ1n) is 10.4. The van der Waals surface area contributed by atoms with Gasteiger partial charge in [0.1, 0.15) is 0 Å². The highest BCUT2D eigenvalue weighted by atomic mass is 16.4. The van der Waals surface area contributed by atoms with Crippen LogP contribution in [-0.4, -0.2) is 21.4 Å². The molecule has 1 saturated carbocycles. The van der Waals surface area contributed by atoms with Gasteiger partial charge in [-0.3, -0.25) is 9.59 Å². The SMILES string of the molecule is Cn1cc(C(CC(=O)c2ccc(C3CCCCC3)cc2)C(=O)O)c2ccccc21. The number of aliphatic carboxylic acids is 1. The molecule has 0 saturated heterocycles. The summed E-state index contributed by atoms with van der Waals surface area (Å²) in [6.07, 6.45) is 8.10. The van der Waals surface area contributed by atoms with Gasteiger partial charge in [0.25, 0.3) is 0 Å². The van der Waals surface area contributed by atoms with Crippen molar-refractivity contribution in [3.63, 3.8) is 0 Å². The number of nitrogens with zero attached hydrogens (tertiary/aromatic N) is 1. The number of Topliss-reactive ketones (excluding diaryl/α,β-unsaturated/α-hetero) is 1. The first kappa shape index (κ1) is 19.4. The number of fused-ring (bicyclic) bond motifs is 1. The van der Waals surface area contributed by atoms with Crippen LogP contribution in [0.4, 0.5) is 0 Å². The van der Waals surface area contributed by atoms with Gasteiger partial charge in [0, 0.05) is 36.1 Å². The molecule has 2 aromatic carbocycles. The fraction of sp³-hybridized carbons (Fsp3) is 0.360. The summed E-state index contributed by atoms with van der Waals surface area (Å²) < 4.78 is 1.92. The maximum Gasteiger partial charge on any atom is 0.311 e. The van der Waals surface area contributed by atoms with Crippen LogP contribution >= 0.6 is 0 Å². The fourth-order valence-electron chi connectivity index (χ4n) is 4.66. The Morgan fingerprint density at radius 1 is 1.03 bits per heavy atom. The van der Waals surface area contributed by atoms with Crippen molar-refractivity contribution in [2.24, 2.45) is 7.05 Å². The van der Waals surface area contributed by atoms with Crippen LogP contribution in [0.25, 0.3) is 10.9 Å². The lowest BCUT2D eigenvalue weighted by atomic mass is 9.83. The molecular formula is C25H27NO3. The maximum atomic E-state index is 12.9. The molecule has 29 heavy (non-hydrogen) atoms. The maximum absolute atomic E-state index is 12.9. The van der Waals surface area contributed by atoms with Gasteiger partial charge in [-0.05, 0) is 36.0 Å². The number of aryl methyl sites for hydroxylation is 1. The Kier molecular flexibility index (Phi) is 5.52. The van der Waals surface area contributed by atoms with E-state index < -0.39 is 11.9 Å². The summed E-state index contributed by atoms with van der Waals surface area (Å²) in [4.78, 5) is 24.9. The van der Waals surface area contributed by atoms with E-state index in [-0.39, 0.29) is 12.2 Å². The third-order valence-corrected chi connectivity index (χ3v) is 6.30. The van der Waals surface area contributed by atoms with E-state index >= 15 is 0 Å². The molecule has 4 nitrogen and oxygen atoms in total. The van der Waals surface area contributed by atoms with Crippen LogP contribution < -0.4 is 0 Å². The molecule has 1 aliphatic rings. The van der Waals surface area contributed by atoms with Crippen molar-refractivity contribution in [3.05, 3.63) is 71.4 Å². The summed E-state index contributed by atoms with van der Waals surface area (Å²) in [5.41, 5.74) is 3.56. The van der Waals surface area contributed by atoms with E-state index in [1.165, 1.54) is 37.7 Å². The second kappa shape index (κ2) is 8.24. The monoisotopic (exact) mass is 389 g/mol. The third-order valence-electron chi connectivity index (χ3n) is 6.30. The van der Waals surface area contributed by atoms with E-state index in [1.807, 2.05) is 54.2 Å². The fourth-order valence-corrected chi connectivity index (χ4v) is 4.66. The van der Waals surface area contributed by atoms with E-state index in [4.69, 9.17) is 0 Å². The van der Waals surface area contributed by atoms with Gasteiger partial charge in [0.15, 0.2) is 5.78 Å². The molecule has 0 radical (unpaired) electrons. The summed E-state index contributed by atoms with van der Waals surface area (Å²) in [6.45, 7) is 0. The Morgan fingerprint density at radius 2 is 1.72 bits per heavy atom. The summed E-state index contributed by atoms with van der Waals surface area (Å²) in [5, 5.41) is 10.7. The molecule has 1 heterocycles. The first-order valence-corrected chi connectivity index (χ1v) is 10.4. The topological polar surface area (TPSA) is 59.3 Å². The second-order valence-electron chi connectivity index (χ2n) is 8.19. The number of aromatic nitrogens is 1. The number of para-hydroxylation sites is 1. The van der Waals surface area contributed by atoms with Crippen LogP contribution in [0.15, 0.2) is 54.7 Å².